The van der Waals surface area contributed by atoms with Crippen molar-refractivity contribution in [2.75, 3.05) is 14.2 Å². The standard InChI is InChI=1S/C9H7ClN2O2.C9H8N2O3/c1-5-6(9(13)14-3)4-7(11-2)8(10)12-5;1-5-6(9(13)14-3)4-7(10-2)8(12)11-5/h4H,1,3H3;4H,1,3H3,(H,11,12). The van der Waals surface area contributed by atoms with Crippen molar-refractivity contribution in [2.45, 2.75) is 13.8 Å². The molecule has 10 heteroatoms. The third-order valence-electron chi connectivity index (χ3n) is 3.42. The smallest absolute Gasteiger partial charge is 0.338 e. The molecule has 2 rings (SSSR count). The van der Waals surface area contributed by atoms with Crippen LogP contribution in [0.5, 0.6) is 0 Å². The number of halogens is 1. The van der Waals surface area contributed by atoms with E-state index >= 15 is 0 Å². The molecule has 28 heavy (non-hydrogen) atoms. The number of hydrogen-bond acceptors (Lipinski definition) is 6. The number of hydrogen-bond donors (Lipinski definition) is 1. The predicted octanol–water partition coefficient (Wildman–Crippen LogP) is 3.40. The molecule has 2 aromatic rings. The Hall–Kier alpha value is -3.69. The summed E-state index contributed by atoms with van der Waals surface area (Å²) in [6, 6.07) is 2.61. The van der Waals surface area contributed by atoms with Gasteiger partial charge < -0.3 is 14.5 Å². The first-order chi connectivity index (χ1) is 13.2. The number of nitrogens with zero attached hydrogens (tertiary/aromatic N) is 3. The van der Waals surface area contributed by atoms with Gasteiger partial charge in [0.25, 0.3) is 11.2 Å². The molecule has 2 heterocycles. The SMILES string of the molecule is [C-]#[N+]c1cc(C(=O)OC)c(C)[nH]c1=O.[C-]#[N+]c1cc(C(=O)OC)c(C)nc1Cl. The lowest BCUT2D eigenvalue weighted by Crippen LogP contribution is -2.12. The van der Waals surface area contributed by atoms with Gasteiger partial charge in [-0.15, -0.1) is 0 Å². The van der Waals surface area contributed by atoms with Crippen molar-refractivity contribution in [3.63, 3.8) is 0 Å². The Labute approximate surface area is 165 Å². The maximum absolute atomic E-state index is 11.2. The zero-order valence-corrected chi connectivity index (χ0v) is 16.2. The number of pyridine rings is 2. The van der Waals surface area contributed by atoms with E-state index in [9.17, 15) is 14.4 Å². The molecule has 0 aliphatic carbocycles. The fraction of sp³-hybridized carbons (Fsp3) is 0.222. The Bertz CT molecular complexity index is 1060. The van der Waals surface area contributed by atoms with Gasteiger partial charge in [0.05, 0.1) is 44.2 Å². The Morgan fingerprint density at radius 2 is 1.54 bits per heavy atom. The monoisotopic (exact) mass is 402 g/mol. The minimum absolute atomic E-state index is 0.102. The molecule has 0 saturated heterocycles. The van der Waals surface area contributed by atoms with Crippen LogP contribution in [0.2, 0.25) is 5.15 Å². The summed E-state index contributed by atoms with van der Waals surface area (Å²) in [6.07, 6.45) is 0. The molecule has 0 unspecified atom stereocenters. The van der Waals surface area contributed by atoms with Gasteiger partial charge in [0.1, 0.15) is 5.15 Å². The van der Waals surface area contributed by atoms with Crippen molar-refractivity contribution in [3.8, 4) is 0 Å². The van der Waals surface area contributed by atoms with E-state index in [1.54, 1.807) is 13.8 Å². The van der Waals surface area contributed by atoms with Crippen LogP contribution in [-0.2, 0) is 9.47 Å². The Balaban J connectivity index is 0.000000280. The topological polar surface area (TPSA) is 107 Å². The number of aromatic amines is 1. The highest BCUT2D eigenvalue weighted by Gasteiger charge is 2.14. The predicted molar refractivity (Wildman–Crippen MR) is 101 cm³/mol. The molecule has 0 amide bonds. The van der Waals surface area contributed by atoms with Gasteiger partial charge in [-0.3, -0.25) is 9.78 Å². The van der Waals surface area contributed by atoms with E-state index in [1.807, 2.05) is 0 Å². The van der Waals surface area contributed by atoms with Crippen LogP contribution >= 0.6 is 11.6 Å². The van der Waals surface area contributed by atoms with Crippen LogP contribution in [0.1, 0.15) is 32.1 Å². The lowest BCUT2D eigenvalue weighted by Gasteiger charge is -2.04. The van der Waals surface area contributed by atoms with Crippen molar-refractivity contribution in [2.24, 2.45) is 0 Å². The second-order valence-corrected chi connectivity index (χ2v) is 5.52. The summed E-state index contributed by atoms with van der Waals surface area (Å²) in [5.41, 5.74) is 0.864. The fourth-order valence-corrected chi connectivity index (χ4v) is 2.20. The van der Waals surface area contributed by atoms with E-state index in [-0.39, 0.29) is 27.7 Å². The molecule has 0 atom stereocenters. The summed E-state index contributed by atoms with van der Waals surface area (Å²) in [4.78, 5) is 45.9. The van der Waals surface area contributed by atoms with Crippen molar-refractivity contribution in [3.05, 3.63) is 73.0 Å². The number of esters is 2. The zero-order valence-electron chi connectivity index (χ0n) is 15.4. The Morgan fingerprint density at radius 3 is 2.04 bits per heavy atom. The first-order valence-electron chi connectivity index (χ1n) is 7.52. The lowest BCUT2D eigenvalue weighted by atomic mass is 10.2. The summed E-state index contributed by atoms with van der Waals surface area (Å²) >= 11 is 5.67. The number of nitrogens with one attached hydrogen (secondary N) is 1. The average molecular weight is 403 g/mol. The highest BCUT2D eigenvalue weighted by atomic mass is 35.5. The number of carbonyl (C=O) groups is 2. The zero-order chi connectivity index (χ0) is 21.4. The van der Waals surface area contributed by atoms with Crippen LogP contribution in [0.4, 0.5) is 11.4 Å². The van der Waals surface area contributed by atoms with Crippen LogP contribution in [-0.4, -0.2) is 36.1 Å². The molecular formula is C18H15ClN4O5. The van der Waals surface area contributed by atoms with Crippen LogP contribution < -0.4 is 5.56 Å². The molecule has 0 aromatic carbocycles. The van der Waals surface area contributed by atoms with Gasteiger partial charge in [0.2, 0.25) is 5.69 Å². The molecule has 0 spiro atoms. The number of aromatic nitrogens is 2. The number of H-pyrrole nitrogens is 1. The van der Waals surface area contributed by atoms with E-state index in [0.717, 1.165) is 0 Å². The van der Waals surface area contributed by atoms with Gasteiger partial charge in [0.15, 0.2) is 0 Å². The molecule has 0 aliphatic rings. The normalized spacial score (nSPS) is 9.25. The Morgan fingerprint density at radius 1 is 1.04 bits per heavy atom. The lowest BCUT2D eigenvalue weighted by molar-refractivity contribution is 0.0590. The van der Waals surface area contributed by atoms with Gasteiger partial charge in [0, 0.05) is 5.69 Å². The van der Waals surface area contributed by atoms with Crippen LogP contribution in [0, 0.1) is 27.0 Å². The number of aryl methyl sites for hydroxylation is 2. The Kier molecular flexibility index (Phi) is 7.87. The maximum atomic E-state index is 11.2. The number of ether oxygens (including phenoxy) is 2. The molecule has 1 N–H and O–H groups in total. The highest BCUT2D eigenvalue weighted by molar-refractivity contribution is 6.32. The first-order valence-corrected chi connectivity index (χ1v) is 7.90. The minimum atomic E-state index is -0.566. The van der Waals surface area contributed by atoms with Crippen molar-refractivity contribution in [1.29, 1.82) is 0 Å². The number of rotatable bonds is 2. The summed E-state index contributed by atoms with van der Waals surface area (Å²) in [7, 11) is 2.51. The van der Waals surface area contributed by atoms with Crippen molar-refractivity contribution < 1.29 is 19.1 Å². The molecule has 0 bridgehead atoms. The van der Waals surface area contributed by atoms with Gasteiger partial charge in [-0.25, -0.2) is 19.3 Å². The molecule has 2 aromatic heterocycles. The van der Waals surface area contributed by atoms with Crippen molar-refractivity contribution >= 4 is 34.9 Å². The van der Waals surface area contributed by atoms with Gasteiger partial charge >= 0.3 is 11.9 Å². The average Bonchev–Trinajstić information content (AvgIpc) is 2.67. The molecule has 9 nitrogen and oxygen atoms in total. The summed E-state index contributed by atoms with van der Waals surface area (Å²) < 4.78 is 9.02. The van der Waals surface area contributed by atoms with Crippen LogP contribution in [0.15, 0.2) is 16.9 Å². The van der Waals surface area contributed by atoms with Crippen LogP contribution in [0.25, 0.3) is 9.69 Å². The van der Waals surface area contributed by atoms with E-state index in [1.165, 1.54) is 26.4 Å². The van der Waals surface area contributed by atoms with E-state index in [4.69, 9.17) is 24.7 Å². The van der Waals surface area contributed by atoms with E-state index in [2.05, 4.69) is 29.1 Å². The van der Waals surface area contributed by atoms with E-state index in [0.29, 0.717) is 11.4 Å². The van der Waals surface area contributed by atoms with Gasteiger partial charge in [-0.2, -0.15) is 0 Å². The second-order valence-electron chi connectivity index (χ2n) is 5.16. The quantitative estimate of drug-likeness (QED) is 0.468. The molecule has 144 valence electrons. The third kappa shape index (κ3) is 5.16. The second kappa shape index (κ2) is 9.86. The highest BCUT2D eigenvalue weighted by Crippen LogP contribution is 2.25. The molecular weight excluding hydrogens is 388 g/mol. The minimum Gasteiger partial charge on any atom is -0.465 e. The molecule has 0 fully saturated rings. The molecule has 0 radical (unpaired) electrons. The summed E-state index contributed by atoms with van der Waals surface area (Å²) in [6.45, 7) is 16.7. The fourth-order valence-electron chi connectivity index (χ4n) is 1.98. The number of carbonyl (C=O) groups excluding carboxylic acids is 2. The van der Waals surface area contributed by atoms with Crippen LogP contribution in [0.3, 0.4) is 0 Å². The van der Waals surface area contributed by atoms with Crippen molar-refractivity contribution in [1.82, 2.24) is 9.97 Å². The third-order valence-corrected chi connectivity index (χ3v) is 3.70. The molecule has 0 aliphatic heterocycles. The maximum Gasteiger partial charge on any atom is 0.338 e. The summed E-state index contributed by atoms with van der Waals surface area (Å²) in [5, 5.41) is 0.102. The van der Waals surface area contributed by atoms with Gasteiger partial charge in [-0.1, -0.05) is 11.6 Å². The number of methoxy groups -OCH3 is 2. The van der Waals surface area contributed by atoms with Gasteiger partial charge in [-0.05, 0) is 26.0 Å². The summed E-state index contributed by atoms with van der Waals surface area (Å²) in [5.74, 6) is -1.08. The van der Waals surface area contributed by atoms with E-state index < -0.39 is 17.5 Å². The first kappa shape index (κ1) is 22.4. The largest absolute Gasteiger partial charge is 0.465 e. The molecule has 0 saturated carbocycles.